The van der Waals surface area contributed by atoms with Crippen molar-refractivity contribution in [2.24, 2.45) is 0 Å². The molecule has 102 valence electrons. The zero-order valence-corrected chi connectivity index (χ0v) is 11.7. The van der Waals surface area contributed by atoms with Gasteiger partial charge in [-0.1, -0.05) is 12.1 Å². The van der Waals surface area contributed by atoms with Gasteiger partial charge in [0.1, 0.15) is 5.82 Å². The molecule has 0 saturated carbocycles. The Hall–Kier alpha value is -2.71. The average molecular weight is 295 g/mol. The summed E-state index contributed by atoms with van der Waals surface area (Å²) in [5.41, 5.74) is 3.21. The highest BCUT2D eigenvalue weighted by Gasteiger charge is 2.05. The van der Waals surface area contributed by atoms with Crippen molar-refractivity contribution in [2.45, 2.75) is 0 Å². The van der Waals surface area contributed by atoms with Gasteiger partial charge in [0.05, 0.1) is 17.3 Å². The highest BCUT2D eigenvalue weighted by atomic mass is 32.1. The van der Waals surface area contributed by atoms with E-state index in [1.807, 2.05) is 17.5 Å². The normalized spacial score (nSPS) is 10.1. The highest BCUT2D eigenvalue weighted by Crippen LogP contribution is 2.27. The number of nitrogens with one attached hydrogen (secondary N) is 1. The molecule has 0 radical (unpaired) electrons. The van der Waals surface area contributed by atoms with Crippen molar-refractivity contribution in [2.75, 3.05) is 5.32 Å². The Morgan fingerprint density at radius 2 is 1.76 bits per heavy atom. The van der Waals surface area contributed by atoms with E-state index < -0.39 is 0 Å². The van der Waals surface area contributed by atoms with E-state index in [-0.39, 0.29) is 5.82 Å². The molecule has 0 aliphatic heterocycles. The third-order valence-corrected chi connectivity index (χ3v) is 3.67. The maximum absolute atomic E-state index is 12.8. The first-order valence-corrected chi connectivity index (χ1v) is 7.11. The molecule has 0 saturated heterocycles. The number of nitrogens with zero attached hydrogens (tertiary/aromatic N) is 2. The van der Waals surface area contributed by atoms with Crippen LogP contribution in [0.1, 0.15) is 5.56 Å². The van der Waals surface area contributed by atoms with E-state index in [0.717, 1.165) is 22.1 Å². The van der Waals surface area contributed by atoms with Gasteiger partial charge in [-0.2, -0.15) is 5.26 Å². The molecule has 3 rings (SSSR count). The second-order valence-corrected chi connectivity index (χ2v) is 5.22. The number of anilines is 2. The van der Waals surface area contributed by atoms with Crippen LogP contribution in [-0.2, 0) is 0 Å². The fourth-order valence-electron chi connectivity index (χ4n) is 1.84. The third-order valence-electron chi connectivity index (χ3n) is 2.91. The predicted molar refractivity (Wildman–Crippen MR) is 81.9 cm³/mol. The molecule has 0 fully saturated rings. The van der Waals surface area contributed by atoms with E-state index >= 15 is 0 Å². The lowest BCUT2D eigenvalue weighted by Gasteiger charge is -2.01. The van der Waals surface area contributed by atoms with Crippen molar-refractivity contribution in [1.82, 2.24) is 4.98 Å². The summed E-state index contributed by atoms with van der Waals surface area (Å²) < 4.78 is 12.8. The molecule has 0 bridgehead atoms. The molecule has 21 heavy (non-hydrogen) atoms. The van der Waals surface area contributed by atoms with Crippen LogP contribution in [0.2, 0.25) is 0 Å². The molecule has 5 heteroatoms. The summed E-state index contributed by atoms with van der Waals surface area (Å²) in [5.74, 6) is -0.266. The molecule has 0 amide bonds. The van der Waals surface area contributed by atoms with Crippen LogP contribution in [0.15, 0.2) is 53.9 Å². The number of hydrogen-bond acceptors (Lipinski definition) is 4. The molecular weight excluding hydrogens is 285 g/mol. The van der Waals surface area contributed by atoms with Crippen LogP contribution in [0.25, 0.3) is 11.3 Å². The van der Waals surface area contributed by atoms with Gasteiger partial charge in [0.15, 0.2) is 5.13 Å². The average Bonchev–Trinajstić information content (AvgIpc) is 2.98. The molecule has 3 aromatic rings. The molecule has 0 unspecified atom stereocenters. The van der Waals surface area contributed by atoms with Gasteiger partial charge in [0.2, 0.25) is 0 Å². The molecule has 2 aromatic carbocycles. The number of nitriles is 1. The minimum atomic E-state index is -0.266. The first-order valence-electron chi connectivity index (χ1n) is 6.23. The van der Waals surface area contributed by atoms with Gasteiger partial charge in [-0.15, -0.1) is 11.3 Å². The van der Waals surface area contributed by atoms with E-state index in [1.165, 1.54) is 23.5 Å². The van der Waals surface area contributed by atoms with E-state index in [1.54, 1.807) is 24.3 Å². The number of thiazole rings is 1. The van der Waals surface area contributed by atoms with Crippen LogP contribution < -0.4 is 5.32 Å². The fourth-order valence-corrected chi connectivity index (χ4v) is 2.58. The third kappa shape index (κ3) is 3.07. The van der Waals surface area contributed by atoms with Crippen LogP contribution in [-0.4, -0.2) is 4.98 Å². The van der Waals surface area contributed by atoms with Crippen LogP contribution in [0, 0.1) is 17.1 Å². The van der Waals surface area contributed by atoms with Crippen LogP contribution in [0.5, 0.6) is 0 Å². The second kappa shape index (κ2) is 5.73. The first kappa shape index (κ1) is 13.3. The Bertz CT molecular complexity index is 786. The quantitative estimate of drug-likeness (QED) is 0.770. The molecule has 0 aliphatic carbocycles. The molecule has 3 nitrogen and oxygen atoms in total. The molecule has 1 aromatic heterocycles. The highest BCUT2D eigenvalue weighted by molar-refractivity contribution is 7.14. The SMILES string of the molecule is N#Cc1ccc(-c2csc(Nc3ccc(F)cc3)n2)cc1. The molecule has 0 spiro atoms. The number of hydrogen-bond donors (Lipinski definition) is 1. The van der Waals surface area contributed by atoms with Crippen LogP contribution in [0.4, 0.5) is 15.2 Å². The Kier molecular flexibility index (Phi) is 3.63. The Morgan fingerprint density at radius 3 is 2.43 bits per heavy atom. The van der Waals surface area contributed by atoms with Gasteiger partial charge in [-0.05, 0) is 36.4 Å². The summed E-state index contributed by atoms with van der Waals surface area (Å²) in [5, 5.41) is 14.6. The standard InChI is InChI=1S/C16H10FN3S/c17-13-5-7-14(8-6-13)19-16-20-15(10-21-16)12-3-1-11(9-18)2-4-12/h1-8,10H,(H,19,20). The largest absolute Gasteiger partial charge is 0.332 e. The zero-order valence-electron chi connectivity index (χ0n) is 10.9. The topological polar surface area (TPSA) is 48.7 Å². The van der Waals surface area contributed by atoms with Crippen LogP contribution in [0.3, 0.4) is 0 Å². The smallest absolute Gasteiger partial charge is 0.187 e. The molecule has 0 atom stereocenters. The lowest BCUT2D eigenvalue weighted by molar-refractivity contribution is 0.628. The van der Waals surface area contributed by atoms with Crippen molar-refractivity contribution in [3.8, 4) is 17.3 Å². The Balaban J connectivity index is 1.79. The Labute approximate surface area is 125 Å². The summed E-state index contributed by atoms with van der Waals surface area (Å²) in [6.45, 7) is 0. The van der Waals surface area contributed by atoms with E-state index in [2.05, 4.69) is 16.4 Å². The summed E-state index contributed by atoms with van der Waals surface area (Å²) in [6.07, 6.45) is 0. The van der Waals surface area contributed by atoms with Crippen molar-refractivity contribution in [1.29, 1.82) is 5.26 Å². The summed E-state index contributed by atoms with van der Waals surface area (Å²) in [4.78, 5) is 4.48. The Morgan fingerprint density at radius 1 is 1.05 bits per heavy atom. The zero-order chi connectivity index (χ0) is 14.7. The molecule has 1 N–H and O–H groups in total. The predicted octanol–water partition coefficient (Wildman–Crippen LogP) is 4.56. The van der Waals surface area contributed by atoms with Crippen molar-refractivity contribution in [3.63, 3.8) is 0 Å². The monoisotopic (exact) mass is 295 g/mol. The fraction of sp³-hybridized carbons (Fsp3) is 0. The van der Waals surface area contributed by atoms with Gasteiger partial charge in [0, 0.05) is 16.6 Å². The molecule has 1 heterocycles. The van der Waals surface area contributed by atoms with Crippen molar-refractivity contribution in [3.05, 3.63) is 65.3 Å². The van der Waals surface area contributed by atoms with Gasteiger partial charge in [-0.25, -0.2) is 9.37 Å². The van der Waals surface area contributed by atoms with Crippen molar-refractivity contribution < 1.29 is 4.39 Å². The first-order chi connectivity index (χ1) is 10.2. The maximum atomic E-state index is 12.8. The van der Waals surface area contributed by atoms with Gasteiger partial charge in [-0.3, -0.25) is 0 Å². The maximum Gasteiger partial charge on any atom is 0.187 e. The minimum Gasteiger partial charge on any atom is -0.332 e. The number of aromatic nitrogens is 1. The van der Waals surface area contributed by atoms with Crippen LogP contribution >= 0.6 is 11.3 Å². The summed E-state index contributed by atoms with van der Waals surface area (Å²) in [7, 11) is 0. The number of halogens is 1. The van der Waals surface area contributed by atoms with E-state index in [9.17, 15) is 4.39 Å². The van der Waals surface area contributed by atoms with Gasteiger partial charge < -0.3 is 5.32 Å². The van der Waals surface area contributed by atoms with Crippen molar-refractivity contribution >= 4 is 22.2 Å². The minimum absolute atomic E-state index is 0.266. The second-order valence-electron chi connectivity index (χ2n) is 4.36. The molecular formula is C16H10FN3S. The molecule has 0 aliphatic rings. The van der Waals surface area contributed by atoms with Gasteiger partial charge >= 0.3 is 0 Å². The van der Waals surface area contributed by atoms with E-state index in [4.69, 9.17) is 5.26 Å². The summed E-state index contributed by atoms with van der Waals surface area (Å²) >= 11 is 1.47. The van der Waals surface area contributed by atoms with E-state index in [0.29, 0.717) is 5.56 Å². The lowest BCUT2D eigenvalue weighted by atomic mass is 10.1. The number of rotatable bonds is 3. The lowest BCUT2D eigenvalue weighted by Crippen LogP contribution is -1.89. The van der Waals surface area contributed by atoms with Gasteiger partial charge in [0.25, 0.3) is 0 Å². The summed E-state index contributed by atoms with van der Waals surface area (Å²) in [6, 6.07) is 15.5. The number of benzene rings is 2.